The molecular weight excluding hydrogens is 378 g/mol. The van der Waals surface area contributed by atoms with E-state index in [1.807, 2.05) is 26.0 Å². The molecule has 3 rings (SSSR count). The van der Waals surface area contributed by atoms with Gasteiger partial charge in [0.2, 0.25) is 5.89 Å². The molecule has 0 saturated heterocycles. The van der Waals surface area contributed by atoms with Crippen molar-refractivity contribution in [3.8, 4) is 11.5 Å². The fraction of sp³-hybridized carbons (Fsp3) is 0.480. The summed E-state index contributed by atoms with van der Waals surface area (Å²) in [4.78, 5) is 4.66. The first-order valence-electron chi connectivity index (χ1n) is 10.7. The van der Waals surface area contributed by atoms with Gasteiger partial charge >= 0.3 is 0 Å². The second-order valence-electron chi connectivity index (χ2n) is 7.88. The van der Waals surface area contributed by atoms with Crippen LogP contribution < -0.4 is 0 Å². The number of oxazole rings is 1. The predicted molar refractivity (Wildman–Crippen MR) is 118 cm³/mol. The summed E-state index contributed by atoms with van der Waals surface area (Å²) < 4.78 is 23.5. The first kappa shape index (κ1) is 22.3. The van der Waals surface area contributed by atoms with Crippen LogP contribution in [0.1, 0.15) is 49.6 Å². The third-order valence-electron chi connectivity index (χ3n) is 5.40. The number of aryl methyl sites for hydroxylation is 2. The first-order chi connectivity index (χ1) is 14.5. The lowest BCUT2D eigenvalue weighted by Crippen LogP contribution is -2.29. The van der Waals surface area contributed by atoms with E-state index in [9.17, 15) is 0 Å². The number of hydrogen-bond donors (Lipinski definition) is 0. The van der Waals surface area contributed by atoms with Gasteiger partial charge < -0.3 is 18.6 Å². The van der Waals surface area contributed by atoms with Crippen molar-refractivity contribution in [2.75, 3.05) is 13.2 Å². The number of aromatic nitrogens is 1. The van der Waals surface area contributed by atoms with Crippen LogP contribution in [-0.2, 0) is 20.8 Å². The van der Waals surface area contributed by atoms with Crippen molar-refractivity contribution < 1.29 is 18.6 Å². The Morgan fingerprint density at radius 3 is 2.67 bits per heavy atom. The zero-order chi connectivity index (χ0) is 21.5. The van der Waals surface area contributed by atoms with Gasteiger partial charge in [0.25, 0.3) is 0 Å². The van der Waals surface area contributed by atoms with Crippen LogP contribution in [0.2, 0.25) is 0 Å². The maximum absolute atomic E-state index is 6.18. The molecule has 0 spiro atoms. The summed E-state index contributed by atoms with van der Waals surface area (Å²) in [6, 6.07) is 8.17. The molecule has 0 unspecified atom stereocenters. The van der Waals surface area contributed by atoms with Crippen molar-refractivity contribution in [3.05, 3.63) is 65.8 Å². The molecule has 1 saturated carbocycles. The molecule has 162 valence electrons. The molecular formula is C25H33NO4. The number of ether oxygens (including phenoxy) is 3. The van der Waals surface area contributed by atoms with Gasteiger partial charge in [-0.05, 0) is 58.6 Å². The lowest BCUT2D eigenvalue weighted by molar-refractivity contribution is -0.0464. The molecule has 0 radical (unpaired) electrons. The smallest absolute Gasteiger partial charge is 0.226 e. The maximum Gasteiger partial charge on any atom is 0.226 e. The van der Waals surface area contributed by atoms with Gasteiger partial charge in [0.15, 0.2) is 0 Å². The number of nitrogens with zero attached hydrogens (tertiary/aromatic N) is 1. The summed E-state index contributed by atoms with van der Waals surface area (Å²) in [6.07, 6.45) is 4.35. The zero-order valence-electron chi connectivity index (χ0n) is 18.4. The summed E-state index contributed by atoms with van der Waals surface area (Å²) in [6.45, 7) is 15.3. The average Bonchev–Trinajstić information content (AvgIpc) is 3.11. The van der Waals surface area contributed by atoms with E-state index in [-0.39, 0.29) is 12.2 Å². The molecule has 0 aliphatic heterocycles. The van der Waals surface area contributed by atoms with Gasteiger partial charge in [-0.1, -0.05) is 30.9 Å². The highest BCUT2D eigenvalue weighted by atomic mass is 16.5. The minimum atomic E-state index is 0.158. The lowest BCUT2D eigenvalue weighted by Gasteiger charge is -2.29. The molecule has 2 aromatic rings. The van der Waals surface area contributed by atoms with Gasteiger partial charge in [0, 0.05) is 11.1 Å². The molecule has 0 N–H and O–H groups in total. The fourth-order valence-electron chi connectivity index (χ4n) is 3.64. The van der Waals surface area contributed by atoms with Crippen molar-refractivity contribution in [1.29, 1.82) is 0 Å². The second kappa shape index (κ2) is 10.6. The molecule has 5 heteroatoms. The topological polar surface area (TPSA) is 53.7 Å². The van der Waals surface area contributed by atoms with E-state index in [0.717, 1.165) is 48.3 Å². The Morgan fingerprint density at radius 2 is 1.93 bits per heavy atom. The van der Waals surface area contributed by atoms with E-state index in [0.29, 0.717) is 31.5 Å². The number of rotatable bonds is 10. The van der Waals surface area contributed by atoms with Gasteiger partial charge in [-0.3, -0.25) is 0 Å². The first-order valence-corrected chi connectivity index (χ1v) is 10.7. The highest BCUT2D eigenvalue weighted by Gasteiger charge is 2.24. The van der Waals surface area contributed by atoms with Crippen molar-refractivity contribution in [2.24, 2.45) is 0 Å². The maximum atomic E-state index is 6.18. The van der Waals surface area contributed by atoms with E-state index in [1.54, 1.807) is 0 Å². The summed E-state index contributed by atoms with van der Waals surface area (Å²) >= 11 is 0. The quantitative estimate of drug-likeness (QED) is 0.359. The van der Waals surface area contributed by atoms with Crippen LogP contribution in [0.4, 0.5) is 0 Å². The summed E-state index contributed by atoms with van der Waals surface area (Å²) in [5.74, 6) is 2.06. The largest absolute Gasteiger partial charge is 0.494 e. The van der Waals surface area contributed by atoms with Crippen molar-refractivity contribution in [3.63, 3.8) is 0 Å². The summed E-state index contributed by atoms with van der Waals surface area (Å²) in [5.41, 5.74) is 3.82. The standard InChI is InChI=1S/C25H33NO4/c1-6-27-19(4)18(3)15-28-22-11-8-12-23(14-22)29-16-24-20(5)30-25(26-24)21-10-7-9-17(2)13-21/h7,9-10,13,22-23H,3-4,6,8,11-12,14-16H2,1-2,5H3/t22-,23+/m1/s1. The Balaban J connectivity index is 1.50. The highest BCUT2D eigenvalue weighted by Crippen LogP contribution is 2.27. The van der Waals surface area contributed by atoms with E-state index >= 15 is 0 Å². The van der Waals surface area contributed by atoms with E-state index < -0.39 is 0 Å². The van der Waals surface area contributed by atoms with Crippen molar-refractivity contribution >= 4 is 0 Å². The molecule has 2 atom stereocenters. The zero-order valence-corrected chi connectivity index (χ0v) is 18.4. The molecule has 1 aliphatic carbocycles. The Bertz CT molecular complexity index is 870. The number of benzene rings is 1. The molecule has 0 amide bonds. The fourth-order valence-corrected chi connectivity index (χ4v) is 3.64. The van der Waals surface area contributed by atoms with Crippen molar-refractivity contribution in [2.45, 2.75) is 65.3 Å². The van der Waals surface area contributed by atoms with Crippen LogP contribution in [0, 0.1) is 13.8 Å². The molecule has 5 nitrogen and oxygen atoms in total. The van der Waals surface area contributed by atoms with Crippen molar-refractivity contribution in [1.82, 2.24) is 4.98 Å². The monoisotopic (exact) mass is 411 g/mol. The third kappa shape index (κ3) is 6.07. The van der Waals surface area contributed by atoms with Gasteiger partial charge in [0.1, 0.15) is 17.2 Å². The molecule has 1 aromatic carbocycles. The van der Waals surface area contributed by atoms with E-state index in [1.165, 1.54) is 5.56 Å². The highest BCUT2D eigenvalue weighted by molar-refractivity contribution is 5.54. The second-order valence-corrected chi connectivity index (χ2v) is 7.88. The van der Waals surface area contributed by atoms with E-state index in [4.69, 9.17) is 18.6 Å². The molecule has 1 heterocycles. The average molecular weight is 412 g/mol. The van der Waals surface area contributed by atoms with Crippen LogP contribution in [0.15, 0.2) is 53.2 Å². The van der Waals surface area contributed by atoms with Gasteiger partial charge in [-0.15, -0.1) is 0 Å². The Kier molecular flexibility index (Phi) is 7.88. The van der Waals surface area contributed by atoms with Crippen LogP contribution in [0.3, 0.4) is 0 Å². The normalized spacial score (nSPS) is 18.9. The Labute approximate surface area is 179 Å². The summed E-state index contributed by atoms with van der Waals surface area (Å²) in [7, 11) is 0. The van der Waals surface area contributed by atoms with Crippen LogP contribution >= 0.6 is 0 Å². The van der Waals surface area contributed by atoms with Gasteiger partial charge in [-0.25, -0.2) is 4.98 Å². The summed E-state index contributed by atoms with van der Waals surface area (Å²) in [5, 5.41) is 0. The van der Waals surface area contributed by atoms with Gasteiger partial charge in [-0.2, -0.15) is 0 Å². The van der Waals surface area contributed by atoms with Crippen LogP contribution in [-0.4, -0.2) is 30.4 Å². The number of hydrogen-bond acceptors (Lipinski definition) is 5. The Hall–Kier alpha value is -2.37. The Morgan fingerprint density at radius 1 is 1.17 bits per heavy atom. The predicted octanol–water partition coefficient (Wildman–Crippen LogP) is 5.91. The molecule has 1 fully saturated rings. The third-order valence-corrected chi connectivity index (χ3v) is 5.40. The minimum Gasteiger partial charge on any atom is -0.494 e. The SMILES string of the molecule is C=C(CO[C@@H]1CCC[C@H](OCc2nc(-c3cccc(C)c3)oc2C)C1)C(=C)OCC. The minimum absolute atomic E-state index is 0.158. The van der Waals surface area contributed by atoms with Crippen LogP contribution in [0.5, 0.6) is 0 Å². The molecule has 1 aliphatic rings. The van der Waals surface area contributed by atoms with Crippen LogP contribution in [0.25, 0.3) is 11.5 Å². The lowest BCUT2D eigenvalue weighted by atomic mass is 9.95. The molecule has 30 heavy (non-hydrogen) atoms. The molecule has 1 aromatic heterocycles. The molecule has 0 bridgehead atoms. The van der Waals surface area contributed by atoms with Gasteiger partial charge in [0.05, 0.1) is 32.0 Å². The van der Waals surface area contributed by atoms with E-state index in [2.05, 4.69) is 37.2 Å².